The van der Waals surface area contributed by atoms with Gasteiger partial charge in [0.1, 0.15) is 4.90 Å². The average Bonchev–Trinajstić information content (AvgIpc) is 2.66. The molecule has 1 aromatic carbocycles. The minimum Gasteiger partial charge on any atom is -0.398 e. The Balaban J connectivity index is 2.47. The van der Waals surface area contributed by atoms with Crippen LogP contribution in [0.25, 0.3) is 0 Å². The summed E-state index contributed by atoms with van der Waals surface area (Å²) in [6.07, 6.45) is 0. The molecule has 0 aliphatic carbocycles. The van der Waals surface area contributed by atoms with Crippen LogP contribution in [0.2, 0.25) is 0 Å². The van der Waals surface area contributed by atoms with E-state index in [-0.39, 0.29) is 4.90 Å². The Bertz CT molecular complexity index is 743. The van der Waals surface area contributed by atoms with Crippen LogP contribution >= 0.6 is 0 Å². The van der Waals surface area contributed by atoms with Crippen molar-refractivity contribution in [2.24, 2.45) is 0 Å². The van der Waals surface area contributed by atoms with Gasteiger partial charge in [0.2, 0.25) is 0 Å². The number of sulfonamides is 1. The topological polar surface area (TPSA) is 101 Å². The molecule has 0 radical (unpaired) electrons. The standard InChI is InChI=1S/C13H18N4O2S/c1-7-5-8(2)12(6-11(7)14)17-20(18,19)13-9(3)15-16-10(13)4/h5-6,17H,14H2,1-4H3,(H,15,16). The molecule has 2 aromatic rings. The molecule has 4 N–H and O–H groups in total. The van der Waals surface area contributed by atoms with Crippen molar-refractivity contribution in [3.8, 4) is 0 Å². The summed E-state index contributed by atoms with van der Waals surface area (Å²) in [6.45, 7) is 7.03. The number of hydrogen-bond donors (Lipinski definition) is 3. The first-order chi connectivity index (χ1) is 9.22. The number of nitrogen functional groups attached to an aromatic ring is 1. The highest BCUT2D eigenvalue weighted by Crippen LogP contribution is 2.26. The van der Waals surface area contributed by atoms with Gasteiger partial charge in [-0.3, -0.25) is 9.82 Å². The fraction of sp³-hybridized carbons (Fsp3) is 0.308. The van der Waals surface area contributed by atoms with E-state index in [1.54, 1.807) is 19.9 Å². The van der Waals surface area contributed by atoms with Gasteiger partial charge in [0, 0.05) is 5.69 Å². The molecule has 0 fully saturated rings. The van der Waals surface area contributed by atoms with Gasteiger partial charge in [-0.05, 0) is 44.9 Å². The summed E-state index contributed by atoms with van der Waals surface area (Å²) in [4.78, 5) is 0.177. The maximum atomic E-state index is 12.4. The summed E-state index contributed by atoms with van der Waals surface area (Å²) < 4.78 is 27.5. The van der Waals surface area contributed by atoms with Gasteiger partial charge in [0.15, 0.2) is 0 Å². The van der Waals surface area contributed by atoms with Crippen LogP contribution in [-0.4, -0.2) is 18.6 Å². The van der Waals surface area contributed by atoms with Crippen molar-refractivity contribution in [1.29, 1.82) is 0 Å². The number of nitrogens with zero attached hydrogens (tertiary/aromatic N) is 1. The van der Waals surface area contributed by atoms with E-state index in [9.17, 15) is 8.42 Å². The third-order valence-electron chi connectivity index (χ3n) is 3.19. The summed E-state index contributed by atoms with van der Waals surface area (Å²) in [5, 5.41) is 6.58. The van der Waals surface area contributed by atoms with Gasteiger partial charge < -0.3 is 5.73 Å². The lowest BCUT2D eigenvalue weighted by Gasteiger charge is -2.13. The normalized spacial score (nSPS) is 11.6. The van der Waals surface area contributed by atoms with Crippen molar-refractivity contribution in [2.45, 2.75) is 32.6 Å². The fourth-order valence-corrected chi connectivity index (χ4v) is 3.61. The SMILES string of the molecule is Cc1cc(C)c(NS(=O)(=O)c2c(C)n[nH]c2C)cc1N. The molecule has 0 bridgehead atoms. The molecule has 0 spiro atoms. The van der Waals surface area contributed by atoms with Gasteiger partial charge in [-0.15, -0.1) is 0 Å². The molecule has 108 valence electrons. The van der Waals surface area contributed by atoms with E-state index in [1.807, 2.05) is 19.9 Å². The molecule has 1 heterocycles. The molecule has 7 heteroatoms. The van der Waals surface area contributed by atoms with Gasteiger partial charge in [-0.2, -0.15) is 5.10 Å². The van der Waals surface area contributed by atoms with Crippen molar-refractivity contribution in [3.63, 3.8) is 0 Å². The smallest absolute Gasteiger partial charge is 0.265 e. The molecule has 0 aliphatic rings. The number of aromatic nitrogens is 2. The van der Waals surface area contributed by atoms with Crippen molar-refractivity contribution < 1.29 is 8.42 Å². The minimum absolute atomic E-state index is 0.177. The number of anilines is 2. The quantitative estimate of drug-likeness (QED) is 0.754. The molecule has 0 unspecified atom stereocenters. The molecule has 0 amide bonds. The first-order valence-corrected chi connectivity index (χ1v) is 7.62. The summed E-state index contributed by atoms with van der Waals surface area (Å²) in [5.41, 5.74) is 9.54. The predicted octanol–water partition coefficient (Wildman–Crippen LogP) is 2.03. The first kappa shape index (κ1) is 14.4. The molecule has 6 nitrogen and oxygen atoms in total. The molecule has 20 heavy (non-hydrogen) atoms. The molecular formula is C13H18N4O2S. The molecule has 1 aromatic heterocycles. The second-order valence-corrected chi connectivity index (χ2v) is 6.51. The van der Waals surface area contributed by atoms with Crippen molar-refractivity contribution in [3.05, 3.63) is 34.6 Å². The fourth-order valence-electron chi connectivity index (χ4n) is 2.11. The zero-order chi connectivity index (χ0) is 15.1. The Morgan fingerprint density at radius 3 is 2.35 bits per heavy atom. The van der Waals surface area contributed by atoms with E-state index in [0.717, 1.165) is 11.1 Å². The number of nitrogens with one attached hydrogen (secondary N) is 2. The number of aromatic amines is 1. The van der Waals surface area contributed by atoms with Crippen LogP contribution in [0.1, 0.15) is 22.5 Å². The highest BCUT2D eigenvalue weighted by molar-refractivity contribution is 7.92. The molecule has 0 saturated heterocycles. The largest absolute Gasteiger partial charge is 0.398 e. The summed E-state index contributed by atoms with van der Waals surface area (Å²) in [5.74, 6) is 0. The van der Waals surface area contributed by atoms with E-state index >= 15 is 0 Å². The summed E-state index contributed by atoms with van der Waals surface area (Å²) >= 11 is 0. The molecular weight excluding hydrogens is 276 g/mol. The molecule has 0 saturated carbocycles. The lowest BCUT2D eigenvalue weighted by Crippen LogP contribution is -2.15. The van der Waals surface area contributed by atoms with Crippen LogP contribution in [0.15, 0.2) is 17.0 Å². The van der Waals surface area contributed by atoms with Crippen molar-refractivity contribution in [2.75, 3.05) is 10.5 Å². The Kier molecular flexibility index (Phi) is 3.47. The summed E-state index contributed by atoms with van der Waals surface area (Å²) in [7, 11) is -3.68. The Morgan fingerprint density at radius 2 is 1.80 bits per heavy atom. The van der Waals surface area contributed by atoms with Crippen molar-refractivity contribution >= 4 is 21.4 Å². The van der Waals surface area contributed by atoms with E-state index in [1.165, 1.54) is 0 Å². The van der Waals surface area contributed by atoms with E-state index in [4.69, 9.17) is 5.73 Å². The van der Waals surface area contributed by atoms with Crippen molar-refractivity contribution in [1.82, 2.24) is 10.2 Å². The van der Waals surface area contributed by atoms with Crippen LogP contribution in [0.4, 0.5) is 11.4 Å². The maximum Gasteiger partial charge on any atom is 0.265 e. The highest BCUT2D eigenvalue weighted by atomic mass is 32.2. The first-order valence-electron chi connectivity index (χ1n) is 6.13. The van der Waals surface area contributed by atoms with Crippen LogP contribution in [-0.2, 0) is 10.0 Å². The monoisotopic (exact) mass is 294 g/mol. The number of aryl methyl sites for hydroxylation is 4. The second kappa shape index (κ2) is 4.82. The van der Waals surface area contributed by atoms with E-state index in [2.05, 4.69) is 14.9 Å². The van der Waals surface area contributed by atoms with Gasteiger partial charge in [0.25, 0.3) is 10.0 Å². The third-order valence-corrected chi connectivity index (χ3v) is 4.81. The molecule has 2 rings (SSSR count). The number of hydrogen-bond acceptors (Lipinski definition) is 4. The zero-order valence-corrected chi connectivity index (χ0v) is 12.7. The lowest BCUT2D eigenvalue weighted by molar-refractivity contribution is 0.600. The second-order valence-electron chi connectivity index (χ2n) is 4.89. The highest BCUT2D eigenvalue weighted by Gasteiger charge is 2.23. The number of rotatable bonds is 3. The molecule has 0 aliphatic heterocycles. The van der Waals surface area contributed by atoms with Gasteiger partial charge in [-0.25, -0.2) is 8.42 Å². The summed E-state index contributed by atoms with van der Waals surface area (Å²) in [6, 6.07) is 3.48. The Morgan fingerprint density at radius 1 is 1.15 bits per heavy atom. The van der Waals surface area contributed by atoms with Crippen LogP contribution in [0.3, 0.4) is 0 Å². The van der Waals surface area contributed by atoms with E-state index < -0.39 is 10.0 Å². The Labute approximate surface area is 118 Å². The van der Waals surface area contributed by atoms with Crippen LogP contribution in [0.5, 0.6) is 0 Å². The van der Waals surface area contributed by atoms with E-state index in [0.29, 0.717) is 22.8 Å². The lowest BCUT2D eigenvalue weighted by atomic mass is 10.1. The third kappa shape index (κ3) is 2.49. The van der Waals surface area contributed by atoms with Crippen LogP contribution < -0.4 is 10.5 Å². The van der Waals surface area contributed by atoms with Gasteiger partial charge in [0.05, 0.1) is 17.1 Å². The zero-order valence-electron chi connectivity index (χ0n) is 11.9. The van der Waals surface area contributed by atoms with Crippen LogP contribution in [0, 0.1) is 27.7 Å². The minimum atomic E-state index is -3.68. The number of H-pyrrole nitrogens is 1. The predicted molar refractivity (Wildman–Crippen MR) is 79.2 cm³/mol. The average molecular weight is 294 g/mol. The van der Waals surface area contributed by atoms with Gasteiger partial charge >= 0.3 is 0 Å². The molecule has 0 atom stereocenters. The number of nitrogens with two attached hydrogens (primary N) is 1. The maximum absolute atomic E-state index is 12.4. The van der Waals surface area contributed by atoms with Gasteiger partial charge in [-0.1, -0.05) is 6.07 Å². The number of benzene rings is 1. The Hall–Kier alpha value is -2.02.